The third-order valence-electron chi connectivity index (χ3n) is 3.97. The van der Waals surface area contributed by atoms with E-state index in [2.05, 4.69) is 6.58 Å². The number of methoxy groups -OCH3 is 1. The number of Topliss-reactive ketones (excluding diaryl/α,β-unsaturated/α-hetero) is 1. The Morgan fingerprint density at radius 1 is 1.38 bits per heavy atom. The summed E-state index contributed by atoms with van der Waals surface area (Å²) in [6, 6.07) is 7.42. The lowest BCUT2D eigenvalue weighted by molar-refractivity contribution is -0.149. The van der Waals surface area contributed by atoms with E-state index in [-0.39, 0.29) is 5.78 Å². The van der Waals surface area contributed by atoms with Crippen LogP contribution in [0.3, 0.4) is 0 Å². The monoisotopic (exact) mass is 284 g/mol. The lowest BCUT2D eigenvalue weighted by Gasteiger charge is -2.35. The first-order chi connectivity index (χ1) is 9.96. The molecule has 2 rings (SSSR count). The second-order valence-corrected chi connectivity index (χ2v) is 5.57. The summed E-state index contributed by atoms with van der Waals surface area (Å²) in [4.78, 5) is 25.4. The van der Waals surface area contributed by atoms with E-state index in [1.165, 1.54) is 7.11 Å². The Balaban J connectivity index is 2.66. The van der Waals surface area contributed by atoms with Gasteiger partial charge in [0.25, 0.3) is 0 Å². The van der Waals surface area contributed by atoms with Crippen molar-refractivity contribution < 1.29 is 14.3 Å². The molecule has 0 amide bonds. The molecule has 1 unspecified atom stereocenters. The Hall–Kier alpha value is -2.16. The van der Waals surface area contributed by atoms with Gasteiger partial charge in [-0.2, -0.15) is 0 Å². The summed E-state index contributed by atoms with van der Waals surface area (Å²) < 4.78 is 4.94. The molecule has 110 valence electrons. The van der Waals surface area contributed by atoms with Crippen LogP contribution in [0, 0.1) is 5.41 Å². The van der Waals surface area contributed by atoms with Gasteiger partial charge in [-0.25, -0.2) is 0 Å². The zero-order valence-electron chi connectivity index (χ0n) is 12.7. The lowest BCUT2D eigenvalue weighted by atomic mass is 9.65. The number of benzene rings is 1. The maximum absolute atomic E-state index is 13.0. The summed E-state index contributed by atoms with van der Waals surface area (Å²) >= 11 is 0. The number of carbonyl (C=O) groups excluding carboxylic acids is 2. The fourth-order valence-corrected chi connectivity index (χ4v) is 3.07. The van der Waals surface area contributed by atoms with Crippen molar-refractivity contribution in [2.45, 2.75) is 26.7 Å². The highest BCUT2D eigenvalue weighted by Crippen LogP contribution is 2.46. The summed E-state index contributed by atoms with van der Waals surface area (Å²) in [5.41, 5.74) is 2.10. The molecule has 1 aromatic rings. The van der Waals surface area contributed by atoms with Gasteiger partial charge in [-0.05, 0) is 37.8 Å². The summed E-state index contributed by atoms with van der Waals surface area (Å²) in [6.45, 7) is 7.62. The zero-order chi connectivity index (χ0) is 15.6. The first-order valence-corrected chi connectivity index (χ1v) is 6.98. The first kappa shape index (κ1) is 15.2. The number of fused-ring (bicyclic) bond motifs is 1. The largest absolute Gasteiger partial charge is 0.468 e. The molecule has 1 atom stereocenters. The number of hydrogen-bond acceptors (Lipinski definition) is 3. The van der Waals surface area contributed by atoms with Gasteiger partial charge in [0.2, 0.25) is 0 Å². The number of esters is 1. The van der Waals surface area contributed by atoms with Crippen LogP contribution in [-0.4, -0.2) is 18.9 Å². The van der Waals surface area contributed by atoms with Gasteiger partial charge in [0.1, 0.15) is 5.41 Å². The Morgan fingerprint density at radius 3 is 2.52 bits per heavy atom. The van der Waals surface area contributed by atoms with Crippen LogP contribution >= 0.6 is 0 Å². The van der Waals surface area contributed by atoms with E-state index in [9.17, 15) is 9.59 Å². The molecule has 0 fully saturated rings. The minimum Gasteiger partial charge on any atom is -0.468 e. The normalized spacial score (nSPS) is 22.8. The predicted molar refractivity (Wildman–Crippen MR) is 82.9 cm³/mol. The van der Waals surface area contributed by atoms with Gasteiger partial charge in [-0.3, -0.25) is 9.59 Å². The molecule has 0 N–H and O–H groups in total. The van der Waals surface area contributed by atoms with Crippen molar-refractivity contribution in [3.63, 3.8) is 0 Å². The highest BCUT2D eigenvalue weighted by Gasteiger charge is 2.50. The molecule has 0 bridgehead atoms. The van der Waals surface area contributed by atoms with Crippen molar-refractivity contribution in [2.24, 2.45) is 5.41 Å². The van der Waals surface area contributed by atoms with Crippen LogP contribution in [-0.2, 0) is 9.53 Å². The average Bonchev–Trinajstić information content (AvgIpc) is 2.49. The second-order valence-electron chi connectivity index (χ2n) is 5.57. The molecule has 3 heteroatoms. The van der Waals surface area contributed by atoms with Gasteiger partial charge < -0.3 is 4.74 Å². The molecule has 0 radical (unpaired) electrons. The van der Waals surface area contributed by atoms with Gasteiger partial charge in [0, 0.05) is 5.56 Å². The van der Waals surface area contributed by atoms with E-state index in [0.717, 1.165) is 16.7 Å². The van der Waals surface area contributed by atoms with Crippen molar-refractivity contribution in [2.75, 3.05) is 7.11 Å². The summed E-state index contributed by atoms with van der Waals surface area (Å²) in [5, 5.41) is 0. The van der Waals surface area contributed by atoms with E-state index in [4.69, 9.17) is 4.74 Å². The van der Waals surface area contributed by atoms with E-state index < -0.39 is 11.4 Å². The molecule has 1 aliphatic carbocycles. The van der Waals surface area contributed by atoms with Crippen LogP contribution in [0.5, 0.6) is 0 Å². The second kappa shape index (κ2) is 5.68. The van der Waals surface area contributed by atoms with Gasteiger partial charge in [0.15, 0.2) is 5.78 Å². The fraction of sp³-hybridized carbons (Fsp3) is 0.333. The molecule has 0 aliphatic heterocycles. The smallest absolute Gasteiger partial charge is 0.320 e. The van der Waals surface area contributed by atoms with Gasteiger partial charge in [-0.15, -0.1) is 6.58 Å². The van der Waals surface area contributed by atoms with Gasteiger partial charge >= 0.3 is 5.97 Å². The highest BCUT2D eigenvalue weighted by atomic mass is 16.5. The predicted octanol–water partition coefficient (Wildman–Crippen LogP) is 3.80. The molecule has 0 saturated heterocycles. The van der Waals surface area contributed by atoms with Gasteiger partial charge in [-0.1, -0.05) is 35.9 Å². The number of rotatable bonds is 3. The quantitative estimate of drug-likeness (QED) is 0.481. The van der Waals surface area contributed by atoms with Crippen LogP contribution in [0.25, 0.3) is 5.57 Å². The molecular formula is C18H20O3. The molecule has 3 nitrogen and oxygen atoms in total. The van der Waals surface area contributed by atoms with Crippen molar-refractivity contribution >= 4 is 17.3 Å². The van der Waals surface area contributed by atoms with Gasteiger partial charge in [0.05, 0.1) is 7.11 Å². The van der Waals surface area contributed by atoms with Crippen LogP contribution < -0.4 is 0 Å². The Kier molecular flexibility index (Phi) is 4.12. The molecule has 1 aliphatic rings. The van der Waals surface area contributed by atoms with Crippen molar-refractivity contribution in [1.29, 1.82) is 0 Å². The zero-order valence-corrected chi connectivity index (χ0v) is 12.7. The molecule has 0 saturated carbocycles. The lowest BCUT2D eigenvalue weighted by Crippen LogP contribution is -2.43. The van der Waals surface area contributed by atoms with Crippen molar-refractivity contribution in [3.05, 3.63) is 53.6 Å². The van der Waals surface area contributed by atoms with Crippen molar-refractivity contribution in [1.82, 2.24) is 0 Å². The summed E-state index contributed by atoms with van der Waals surface area (Å²) in [7, 11) is 1.33. The first-order valence-electron chi connectivity index (χ1n) is 6.98. The third-order valence-corrected chi connectivity index (χ3v) is 3.97. The summed E-state index contributed by atoms with van der Waals surface area (Å²) in [6.07, 6.45) is 2.63. The van der Waals surface area contributed by atoms with Crippen LogP contribution in [0.15, 0.2) is 42.5 Å². The standard InChI is InChI=1S/C18H20O3/c1-5-13-11-18(10-12(2)3,17(20)21-4)16(19)15-9-7-6-8-14(13)15/h5-9H,2,10-11H2,1,3-4H3/b13-5-. The Labute approximate surface area is 125 Å². The molecule has 0 spiro atoms. The maximum Gasteiger partial charge on any atom is 0.320 e. The number of ketones is 1. The van der Waals surface area contributed by atoms with Crippen LogP contribution in [0.1, 0.15) is 42.6 Å². The number of carbonyl (C=O) groups is 2. The van der Waals surface area contributed by atoms with E-state index in [1.54, 1.807) is 6.07 Å². The van der Waals surface area contributed by atoms with Crippen molar-refractivity contribution in [3.8, 4) is 0 Å². The molecular weight excluding hydrogens is 264 g/mol. The Morgan fingerprint density at radius 2 is 2.00 bits per heavy atom. The molecule has 0 heterocycles. The Bertz CT molecular complexity index is 640. The third kappa shape index (κ3) is 2.44. The summed E-state index contributed by atoms with van der Waals surface area (Å²) in [5.74, 6) is -0.650. The maximum atomic E-state index is 13.0. The molecule has 21 heavy (non-hydrogen) atoms. The van der Waals surface area contributed by atoms with E-state index in [1.807, 2.05) is 38.1 Å². The van der Waals surface area contributed by atoms with Crippen LogP contribution in [0.4, 0.5) is 0 Å². The SMILES string of the molecule is C=C(C)CC1(C(=O)OC)C/C(=C/C)c2ccccc2C1=O. The highest BCUT2D eigenvalue weighted by molar-refractivity contribution is 6.17. The van der Waals surface area contributed by atoms with E-state index >= 15 is 0 Å². The van der Waals surface area contributed by atoms with E-state index in [0.29, 0.717) is 18.4 Å². The molecule has 0 aromatic heterocycles. The topological polar surface area (TPSA) is 43.4 Å². The number of hydrogen-bond donors (Lipinski definition) is 0. The van der Waals surface area contributed by atoms with Crippen LogP contribution in [0.2, 0.25) is 0 Å². The fourth-order valence-electron chi connectivity index (χ4n) is 3.07. The minimum atomic E-state index is -1.18. The molecule has 1 aromatic carbocycles. The average molecular weight is 284 g/mol. The minimum absolute atomic E-state index is 0.168. The number of ether oxygens (including phenoxy) is 1. The number of allylic oxidation sites excluding steroid dienone is 3.